The summed E-state index contributed by atoms with van der Waals surface area (Å²) in [4.78, 5) is 16.2. The third kappa shape index (κ3) is 6.10. The number of aromatic nitrogens is 1. The number of benzene rings is 1. The van der Waals surface area contributed by atoms with Crippen LogP contribution in [-0.2, 0) is 6.42 Å². The van der Waals surface area contributed by atoms with Gasteiger partial charge in [-0.2, -0.15) is 0 Å². The summed E-state index contributed by atoms with van der Waals surface area (Å²) in [6, 6.07) is 14.1. The molecule has 2 rings (SSSR count). The zero-order valence-corrected chi connectivity index (χ0v) is 13.9. The van der Waals surface area contributed by atoms with E-state index in [1.807, 2.05) is 18.2 Å². The fourth-order valence-corrected chi connectivity index (χ4v) is 2.19. The number of pyridine rings is 1. The summed E-state index contributed by atoms with van der Waals surface area (Å²) in [6.07, 6.45) is 3.71. The Morgan fingerprint density at radius 1 is 1.13 bits per heavy atom. The minimum Gasteiger partial charge on any atom is -0.370 e. The van der Waals surface area contributed by atoms with Crippen molar-refractivity contribution in [2.24, 2.45) is 5.92 Å². The minimum atomic E-state index is -0.0678. The predicted molar refractivity (Wildman–Crippen MR) is 94.7 cm³/mol. The van der Waals surface area contributed by atoms with Crippen LogP contribution in [0.15, 0.2) is 48.7 Å². The quantitative estimate of drug-likeness (QED) is 0.734. The zero-order valence-electron chi connectivity index (χ0n) is 13.9. The number of hydrogen-bond donors (Lipinski definition) is 2. The summed E-state index contributed by atoms with van der Waals surface area (Å²) in [5, 5.41) is 6.18. The first-order valence-corrected chi connectivity index (χ1v) is 8.17. The van der Waals surface area contributed by atoms with Crippen LogP contribution < -0.4 is 10.6 Å². The third-order valence-electron chi connectivity index (χ3n) is 3.49. The molecule has 1 heterocycles. The van der Waals surface area contributed by atoms with Gasteiger partial charge in [0.05, 0.1) is 5.56 Å². The molecule has 0 aliphatic heterocycles. The molecule has 0 spiro atoms. The van der Waals surface area contributed by atoms with E-state index in [0.717, 1.165) is 25.2 Å². The smallest absolute Gasteiger partial charge is 0.252 e. The van der Waals surface area contributed by atoms with E-state index in [4.69, 9.17) is 0 Å². The molecule has 0 atom stereocenters. The van der Waals surface area contributed by atoms with Crippen molar-refractivity contribution in [1.82, 2.24) is 10.3 Å². The van der Waals surface area contributed by atoms with E-state index in [1.165, 1.54) is 5.56 Å². The Morgan fingerprint density at radius 2 is 1.91 bits per heavy atom. The van der Waals surface area contributed by atoms with Crippen LogP contribution in [-0.4, -0.2) is 24.0 Å². The van der Waals surface area contributed by atoms with Crippen LogP contribution in [0.5, 0.6) is 0 Å². The van der Waals surface area contributed by atoms with Crippen LogP contribution in [0.3, 0.4) is 0 Å². The van der Waals surface area contributed by atoms with Crippen LogP contribution in [0.4, 0.5) is 5.82 Å². The molecule has 2 aromatic rings. The van der Waals surface area contributed by atoms with Crippen molar-refractivity contribution in [2.75, 3.05) is 18.4 Å². The van der Waals surface area contributed by atoms with Gasteiger partial charge in [-0.1, -0.05) is 44.2 Å². The van der Waals surface area contributed by atoms with E-state index >= 15 is 0 Å². The van der Waals surface area contributed by atoms with E-state index in [0.29, 0.717) is 18.0 Å². The van der Waals surface area contributed by atoms with E-state index in [1.54, 1.807) is 6.20 Å². The molecule has 0 aliphatic carbocycles. The number of rotatable bonds is 8. The van der Waals surface area contributed by atoms with Crippen molar-refractivity contribution < 1.29 is 4.79 Å². The predicted octanol–water partition coefficient (Wildman–Crippen LogP) is 3.51. The van der Waals surface area contributed by atoms with Crippen molar-refractivity contribution in [3.05, 3.63) is 59.8 Å². The largest absolute Gasteiger partial charge is 0.370 e. The number of nitrogens with zero attached hydrogens (tertiary/aromatic N) is 1. The van der Waals surface area contributed by atoms with Gasteiger partial charge < -0.3 is 10.6 Å². The van der Waals surface area contributed by atoms with E-state index in [9.17, 15) is 4.79 Å². The van der Waals surface area contributed by atoms with Crippen molar-refractivity contribution in [3.63, 3.8) is 0 Å². The number of amides is 1. The van der Waals surface area contributed by atoms with Crippen molar-refractivity contribution in [2.45, 2.75) is 26.7 Å². The Morgan fingerprint density at radius 3 is 2.57 bits per heavy atom. The molecule has 1 aromatic carbocycles. The van der Waals surface area contributed by atoms with E-state index in [-0.39, 0.29) is 5.91 Å². The van der Waals surface area contributed by atoms with Gasteiger partial charge in [-0.25, -0.2) is 4.98 Å². The summed E-state index contributed by atoms with van der Waals surface area (Å²) < 4.78 is 0. The Labute approximate surface area is 138 Å². The van der Waals surface area contributed by atoms with Crippen LogP contribution >= 0.6 is 0 Å². The monoisotopic (exact) mass is 311 g/mol. The molecule has 2 N–H and O–H groups in total. The normalized spacial score (nSPS) is 10.6. The number of aryl methyl sites for hydroxylation is 1. The Hall–Kier alpha value is -2.36. The van der Waals surface area contributed by atoms with Gasteiger partial charge in [0.25, 0.3) is 5.91 Å². The molecule has 0 saturated heterocycles. The van der Waals surface area contributed by atoms with Gasteiger partial charge in [-0.3, -0.25) is 4.79 Å². The van der Waals surface area contributed by atoms with E-state index in [2.05, 4.69) is 53.7 Å². The summed E-state index contributed by atoms with van der Waals surface area (Å²) >= 11 is 0. The van der Waals surface area contributed by atoms with Crippen LogP contribution in [0.1, 0.15) is 36.2 Å². The van der Waals surface area contributed by atoms with Crippen molar-refractivity contribution >= 4 is 11.7 Å². The lowest BCUT2D eigenvalue weighted by Crippen LogP contribution is -2.27. The molecule has 0 fully saturated rings. The first-order valence-electron chi connectivity index (χ1n) is 8.17. The van der Waals surface area contributed by atoms with Gasteiger partial charge >= 0.3 is 0 Å². The lowest BCUT2D eigenvalue weighted by molar-refractivity contribution is 0.0948. The van der Waals surface area contributed by atoms with Crippen molar-refractivity contribution in [1.29, 1.82) is 0 Å². The Balaban J connectivity index is 1.73. The molecular formula is C19H25N3O. The number of hydrogen-bond acceptors (Lipinski definition) is 3. The number of carbonyl (C=O) groups excluding carboxylic acids is 1. The SMILES string of the molecule is CC(C)CNC(=O)c1ccc(NCCCc2ccccc2)nc1. The van der Waals surface area contributed by atoms with Gasteiger partial charge in [0, 0.05) is 19.3 Å². The van der Waals surface area contributed by atoms with Crippen LogP contribution in [0, 0.1) is 5.92 Å². The molecule has 0 bridgehead atoms. The molecule has 23 heavy (non-hydrogen) atoms. The highest BCUT2D eigenvalue weighted by atomic mass is 16.1. The topological polar surface area (TPSA) is 54.0 Å². The average molecular weight is 311 g/mol. The molecule has 0 aliphatic rings. The summed E-state index contributed by atoms with van der Waals surface area (Å²) in [5.41, 5.74) is 1.94. The molecule has 1 aromatic heterocycles. The minimum absolute atomic E-state index is 0.0678. The fraction of sp³-hybridized carbons (Fsp3) is 0.368. The standard InChI is InChI=1S/C19H25N3O/c1-15(2)13-22-19(23)17-10-11-18(21-14-17)20-12-6-9-16-7-4-3-5-8-16/h3-5,7-8,10-11,14-15H,6,9,12-13H2,1-2H3,(H,20,21)(H,22,23). The fourth-order valence-electron chi connectivity index (χ4n) is 2.19. The molecule has 4 nitrogen and oxygen atoms in total. The number of anilines is 1. The lowest BCUT2D eigenvalue weighted by atomic mass is 10.1. The first kappa shape index (κ1) is 17.0. The number of nitrogens with one attached hydrogen (secondary N) is 2. The van der Waals surface area contributed by atoms with Gasteiger partial charge in [0.15, 0.2) is 0 Å². The highest BCUT2D eigenvalue weighted by Crippen LogP contribution is 2.07. The van der Waals surface area contributed by atoms with Crippen LogP contribution in [0.25, 0.3) is 0 Å². The molecular weight excluding hydrogens is 286 g/mol. The average Bonchev–Trinajstić information content (AvgIpc) is 2.58. The Bertz CT molecular complexity index is 594. The van der Waals surface area contributed by atoms with Gasteiger partial charge in [-0.05, 0) is 36.5 Å². The Kier molecular flexibility index (Phi) is 6.60. The maximum absolute atomic E-state index is 11.9. The number of carbonyl (C=O) groups is 1. The second-order valence-electron chi connectivity index (χ2n) is 6.05. The van der Waals surface area contributed by atoms with Gasteiger partial charge in [-0.15, -0.1) is 0 Å². The molecule has 0 radical (unpaired) electrons. The third-order valence-corrected chi connectivity index (χ3v) is 3.49. The van der Waals surface area contributed by atoms with Gasteiger partial charge in [0.2, 0.25) is 0 Å². The van der Waals surface area contributed by atoms with E-state index < -0.39 is 0 Å². The maximum Gasteiger partial charge on any atom is 0.252 e. The van der Waals surface area contributed by atoms with Crippen LogP contribution in [0.2, 0.25) is 0 Å². The molecule has 4 heteroatoms. The van der Waals surface area contributed by atoms with Gasteiger partial charge in [0.1, 0.15) is 5.82 Å². The second-order valence-corrected chi connectivity index (χ2v) is 6.05. The maximum atomic E-state index is 11.9. The molecule has 0 saturated carbocycles. The van der Waals surface area contributed by atoms with Crippen molar-refractivity contribution in [3.8, 4) is 0 Å². The summed E-state index contributed by atoms with van der Waals surface area (Å²) in [7, 11) is 0. The second kappa shape index (κ2) is 8.93. The first-order chi connectivity index (χ1) is 11.1. The molecule has 1 amide bonds. The zero-order chi connectivity index (χ0) is 16.5. The summed E-state index contributed by atoms with van der Waals surface area (Å²) in [5.74, 6) is 1.18. The highest BCUT2D eigenvalue weighted by Gasteiger charge is 2.06. The lowest BCUT2D eigenvalue weighted by Gasteiger charge is -2.09. The highest BCUT2D eigenvalue weighted by molar-refractivity contribution is 5.94. The summed E-state index contributed by atoms with van der Waals surface area (Å²) in [6.45, 7) is 5.68. The molecule has 122 valence electrons. The molecule has 0 unspecified atom stereocenters.